The van der Waals surface area contributed by atoms with Crippen molar-refractivity contribution in [3.63, 3.8) is 0 Å². The minimum Gasteiger partial charge on any atom is -0.394 e. The van der Waals surface area contributed by atoms with Crippen LogP contribution in [0.1, 0.15) is 19.1 Å². The second-order valence-corrected chi connectivity index (χ2v) is 6.45. The van der Waals surface area contributed by atoms with E-state index in [4.69, 9.17) is 10.5 Å². The smallest absolute Gasteiger partial charge is 0.224 e. The SMILES string of the molecule is Nc1nc(NCCCn2ccnc2)c2ncn([C@H]3C[C@H](O)[C@@H](CO)O3)c2n1. The number of nitrogens with one attached hydrogen (secondary N) is 1. The van der Waals surface area contributed by atoms with Crippen molar-refractivity contribution in [3.8, 4) is 0 Å². The van der Waals surface area contributed by atoms with Crippen LogP contribution in [0, 0.1) is 0 Å². The molecule has 1 saturated heterocycles. The number of fused-ring (bicyclic) bond motifs is 1. The molecule has 27 heavy (non-hydrogen) atoms. The molecule has 0 bridgehead atoms. The summed E-state index contributed by atoms with van der Waals surface area (Å²) in [6.45, 7) is 1.27. The third-order valence-corrected chi connectivity index (χ3v) is 4.58. The Morgan fingerprint density at radius 1 is 1.33 bits per heavy atom. The molecule has 3 aromatic rings. The first-order chi connectivity index (χ1) is 13.2. The van der Waals surface area contributed by atoms with E-state index in [0.29, 0.717) is 29.9 Å². The number of aliphatic hydroxyl groups is 2. The molecule has 1 fully saturated rings. The average Bonchev–Trinajstić information content (AvgIpc) is 3.37. The standard InChI is InChI=1S/C16H22N8O3/c17-16-21-14(19-2-1-4-23-5-3-18-8-23)13-15(22-16)24(9-20-13)12-6-10(26)11(7-25)27-12/h3,5,8-12,25-26H,1-2,4,6-7H2,(H3,17,19,21,22)/t10-,11+,12+/m0/s1. The lowest BCUT2D eigenvalue weighted by atomic mass is 10.2. The number of anilines is 2. The van der Waals surface area contributed by atoms with Crippen LogP contribution in [-0.4, -0.2) is 64.6 Å². The van der Waals surface area contributed by atoms with Crippen LogP contribution in [0.3, 0.4) is 0 Å². The Morgan fingerprint density at radius 3 is 2.96 bits per heavy atom. The van der Waals surface area contributed by atoms with Crippen molar-refractivity contribution >= 4 is 22.9 Å². The molecule has 0 saturated carbocycles. The molecule has 4 rings (SSSR count). The maximum absolute atomic E-state index is 9.97. The second-order valence-electron chi connectivity index (χ2n) is 6.45. The third kappa shape index (κ3) is 3.56. The van der Waals surface area contributed by atoms with E-state index in [9.17, 15) is 10.2 Å². The zero-order chi connectivity index (χ0) is 18.8. The number of nitrogens with zero attached hydrogens (tertiary/aromatic N) is 6. The minimum atomic E-state index is -0.739. The van der Waals surface area contributed by atoms with Gasteiger partial charge in [-0.1, -0.05) is 0 Å². The number of aryl methyl sites for hydroxylation is 1. The topological polar surface area (TPSA) is 149 Å². The summed E-state index contributed by atoms with van der Waals surface area (Å²) >= 11 is 0. The fourth-order valence-corrected chi connectivity index (χ4v) is 3.21. The van der Waals surface area contributed by atoms with Gasteiger partial charge in [0.15, 0.2) is 17.0 Å². The van der Waals surface area contributed by atoms with Crippen LogP contribution in [-0.2, 0) is 11.3 Å². The summed E-state index contributed by atoms with van der Waals surface area (Å²) in [5.41, 5.74) is 6.97. The summed E-state index contributed by atoms with van der Waals surface area (Å²) in [6.07, 6.45) is 6.42. The lowest BCUT2D eigenvalue weighted by Crippen LogP contribution is -2.24. The molecular formula is C16H22N8O3. The fourth-order valence-electron chi connectivity index (χ4n) is 3.21. The van der Waals surface area contributed by atoms with Gasteiger partial charge in [-0.15, -0.1) is 0 Å². The van der Waals surface area contributed by atoms with Gasteiger partial charge in [0.2, 0.25) is 5.95 Å². The predicted molar refractivity (Wildman–Crippen MR) is 96.7 cm³/mol. The highest BCUT2D eigenvalue weighted by molar-refractivity contribution is 5.84. The third-order valence-electron chi connectivity index (χ3n) is 4.58. The number of ether oxygens (including phenoxy) is 1. The molecule has 11 nitrogen and oxygen atoms in total. The largest absolute Gasteiger partial charge is 0.394 e. The second kappa shape index (κ2) is 7.47. The zero-order valence-corrected chi connectivity index (χ0v) is 14.6. The highest BCUT2D eigenvalue weighted by Crippen LogP contribution is 2.32. The maximum atomic E-state index is 9.97. The highest BCUT2D eigenvalue weighted by atomic mass is 16.5. The molecule has 0 spiro atoms. The van der Waals surface area contributed by atoms with Crippen molar-refractivity contribution in [2.75, 3.05) is 24.2 Å². The van der Waals surface area contributed by atoms with E-state index in [0.717, 1.165) is 13.0 Å². The lowest BCUT2D eigenvalue weighted by Gasteiger charge is -2.14. The number of aromatic nitrogens is 6. The highest BCUT2D eigenvalue weighted by Gasteiger charge is 2.35. The van der Waals surface area contributed by atoms with Crippen molar-refractivity contribution in [1.29, 1.82) is 0 Å². The molecular weight excluding hydrogens is 352 g/mol. The van der Waals surface area contributed by atoms with Crippen molar-refractivity contribution in [2.45, 2.75) is 37.8 Å². The van der Waals surface area contributed by atoms with Crippen LogP contribution in [0.25, 0.3) is 11.2 Å². The van der Waals surface area contributed by atoms with Gasteiger partial charge >= 0.3 is 0 Å². The molecule has 11 heteroatoms. The number of nitrogen functional groups attached to an aromatic ring is 1. The minimum absolute atomic E-state index is 0.124. The van der Waals surface area contributed by atoms with Crippen molar-refractivity contribution in [1.82, 2.24) is 29.1 Å². The van der Waals surface area contributed by atoms with Crippen LogP contribution >= 0.6 is 0 Å². The molecule has 3 atom stereocenters. The molecule has 1 aliphatic rings. The summed E-state index contributed by atoms with van der Waals surface area (Å²) < 4.78 is 9.40. The van der Waals surface area contributed by atoms with Gasteiger partial charge in [0, 0.05) is 31.9 Å². The summed E-state index contributed by atoms with van der Waals surface area (Å²) in [6, 6.07) is 0. The van der Waals surface area contributed by atoms with Crippen LogP contribution in [0.4, 0.5) is 11.8 Å². The van der Waals surface area contributed by atoms with Crippen molar-refractivity contribution < 1.29 is 14.9 Å². The van der Waals surface area contributed by atoms with Gasteiger partial charge in [0.1, 0.15) is 12.3 Å². The fraction of sp³-hybridized carbons (Fsp3) is 0.500. The quantitative estimate of drug-likeness (QED) is 0.410. The maximum Gasteiger partial charge on any atom is 0.224 e. The first kappa shape index (κ1) is 17.6. The Kier molecular flexibility index (Phi) is 4.88. The van der Waals surface area contributed by atoms with Crippen molar-refractivity contribution in [2.24, 2.45) is 0 Å². The van der Waals surface area contributed by atoms with Crippen LogP contribution < -0.4 is 11.1 Å². The van der Waals surface area contributed by atoms with Gasteiger partial charge in [-0.3, -0.25) is 4.57 Å². The Bertz CT molecular complexity index is 897. The molecule has 0 aromatic carbocycles. The molecule has 4 heterocycles. The van der Waals surface area contributed by atoms with E-state index >= 15 is 0 Å². The van der Waals surface area contributed by atoms with E-state index in [1.165, 1.54) is 0 Å². The normalized spacial score (nSPS) is 22.5. The first-order valence-corrected chi connectivity index (χ1v) is 8.79. The summed E-state index contributed by atoms with van der Waals surface area (Å²) in [4.78, 5) is 16.9. The number of nitrogens with two attached hydrogens (primary N) is 1. The molecule has 0 aliphatic carbocycles. The van der Waals surface area contributed by atoms with Crippen molar-refractivity contribution in [3.05, 3.63) is 25.0 Å². The molecule has 144 valence electrons. The summed E-state index contributed by atoms with van der Waals surface area (Å²) in [5, 5.41) is 22.5. The molecule has 5 N–H and O–H groups in total. The Labute approximate surface area is 154 Å². The predicted octanol–water partition coefficient (Wildman–Crippen LogP) is -0.252. The summed E-state index contributed by atoms with van der Waals surface area (Å²) in [5.74, 6) is 0.678. The molecule has 3 aromatic heterocycles. The van der Waals surface area contributed by atoms with E-state index in [-0.39, 0.29) is 12.6 Å². The number of aliphatic hydroxyl groups excluding tert-OH is 2. The average molecular weight is 374 g/mol. The van der Waals surface area contributed by atoms with Gasteiger partial charge in [0.05, 0.1) is 25.4 Å². The van der Waals surface area contributed by atoms with Crippen LogP contribution in [0.15, 0.2) is 25.0 Å². The van der Waals surface area contributed by atoms with E-state index in [1.54, 1.807) is 23.4 Å². The number of imidazole rings is 2. The number of hydrogen-bond acceptors (Lipinski definition) is 9. The molecule has 0 radical (unpaired) electrons. The first-order valence-electron chi connectivity index (χ1n) is 8.79. The van der Waals surface area contributed by atoms with Gasteiger partial charge < -0.3 is 30.6 Å². The number of hydrogen-bond donors (Lipinski definition) is 4. The molecule has 0 amide bonds. The summed E-state index contributed by atoms with van der Waals surface area (Å²) in [7, 11) is 0. The van der Waals surface area contributed by atoms with Crippen LogP contribution in [0.2, 0.25) is 0 Å². The van der Waals surface area contributed by atoms with Crippen LogP contribution in [0.5, 0.6) is 0 Å². The Balaban J connectivity index is 1.50. The monoisotopic (exact) mass is 374 g/mol. The van der Waals surface area contributed by atoms with E-state index in [2.05, 4.69) is 25.3 Å². The van der Waals surface area contributed by atoms with Gasteiger partial charge in [0.25, 0.3) is 0 Å². The number of rotatable bonds is 7. The van der Waals surface area contributed by atoms with E-state index in [1.807, 2.05) is 10.8 Å². The Morgan fingerprint density at radius 2 is 2.22 bits per heavy atom. The van der Waals surface area contributed by atoms with E-state index < -0.39 is 18.4 Å². The lowest BCUT2D eigenvalue weighted by molar-refractivity contribution is -0.0432. The van der Waals surface area contributed by atoms with Gasteiger partial charge in [-0.05, 0) is 6.42 Å². The molecule has 0 unspecified atom stereocenters. The molecule has 1 aliphatic heterocycles. The van der Waals surface area contributed by atoms with Gasteiger partial charge in [-0.2, -0.15) is 9.97 Å². The van der Waals surface area contributed by atoms with Gasteiger partial charge in [-0.25, -0.2) is 9.97 Å². The zero-order valence-electron chi connectivity index (χ0n) is 14.6. The Hall–Kier alpha value is -2.76.